The number of ketones is 1. The predicted octanol–water partition coefficient (Wildman–Crippen LogP) is 3.56. The van der Waals surface area contributed by atoms with Gasteiger partial charge in [-0.2, -0.15) is 0 Å². The molecular formula is C18H16FNO4. The number of aromatic nitrogens is 1. The van der Waals surface area contributed by atoms with Gasteiger partial charge >= 0.3 is 0 Å². The number of methoxy groups -OCH3 is 3. The summed E-state index contributed by atoms with van der Waals surface area (Å²) in [6.45, 7) is 0. The SMILES string of the molecule is COc1cc(C(=O)c2cc3ccc(F)cc3[nH]2)cc(OC)c1OC. The highest BCUT2D eigenvalue weighted by Crippen LogP contribution is 2.38. The highest BCUT2D eigenvalue weighted by Gasteiger charge is 2.19. The monoisotopic (exact) mass is 329 g/mol. The van der Waals surface area contributed by atoms with E-state index in [-0.39, 0.29) is 11.6 Å². The molecular weight excluding hydrogens is 313 g/mol. The van der Waals surface area contributed by atoms with Gasteiger partial charge in [0.15, 0.2) is 11.5 Å². The first-order valence-corrected chi connectivity index (χ1v) is 7.20. The van der Waals surface area contributed by atoms with Crippen LogP contribution < -0.4 is 14.2 Å². The number of H-pyrrole nitrogens is 1. The van der Waals surface area contributed by atoms with E-state index < -0.39 is 0 Å². The van der Waals surface area contributed by atoms with E-state index in [1.54, 1.807) is 24.3 Å². The first kappa shape index (κ1) is 15.9. The van der Waals surface area contributed by atoms with Gasteiger partial charge in [0.05, 0.1) is 27.0 Å². The molecule has 0 aliphatic heterocycles. The lowest BCUT2D eigenvalue weighted by molar-refractivity contribution is 0.103. The molecule has 0 atom stereocenters. The zero-order chi connectivity index (χ0) is 17.3. The summed E-state index contributed by atoms with van der Waals surface area (Å²) in [5.74, 6) is 0.571. The van der Waals surface area contributed by atoms with Crippen LogP contribution in [0.4, 0.5) is 4.39 Å². The number of rotatable bonds is 5. The summed E-state index contributed by atoms with van der Waals surface area (Å²) in [6, 6.07) is 9.16. The summed E-state index contributed by atoms with van der Waals surface area (Å²) in [5.41, 5.74) is 1.28. The highest BCUT2D eigenvalue weighted by molar-refractivity contribution is 6.10. The minimum absolute atomic E-state index is 0.258. The lowest BCUT2D eigenvalue weighted by atomic mass is 10.1. The van der Waals surface area contributed by atoms with Gasteiger partial charge in [-0.15, -0.1) is 0 Å². The average molecular weight is 329 g/mol. The van der Waals surface area contributed by atoms with Crippen LogP contribution in [0.3, 0.4) is 0 Å². The number of hydrogen-bond donors (Lipinski definition) is 1. The molecule has 3 rings (SSSR count). The normalized spacial score (nSPS) is 10.7. The van der Waals surface area contributed by atoms with Gasteiger partial charge in [0.2, 0.25) is 11.5 Å². The summed E-state index contributed by atoms with van der Waals surface area (Å²) in [7, 11) is 4.46. The van der Waals surface area contributed by atoms with Crippen molar-refractivity contribution in [3.8, 4) is 17.2 Å². The van der Waals surface area contributed by atoms with E-state index in [1.807, 2.05) is 0 Å². The van der Waals surface area contributed by atoms with Gasteiger partial charge in [-0.05, 0) is 36.4 Å². The fourth-order valence-corrected chi connectivity index (χ4v) is 2.59. The van der Waals surface area contributed by atoms with Gasteiger partial charge in [-0.25, -0.2) is 4.39 Å². The van der Waals surface area contributed by atoms with E-state index in [1.165, 1.54) is 33.5 Å². The lowest BCUT2D eigenvalue weighted by Crippen LogP contribution is -2.04. The second-order valence-corrected chi connectivity index (χ2v) is 5.16. The molecule has 2 aromatic carbocycles. The van der Waals surface area contributed by atoms with E-state index in [0.717, 1.165) is 5.39 Å². The largest absolute Gasteiger partial charge is 0.493 e. The summed E-state index contributed by atoms with van der Waals surface area (Å²) in [6.07, 6.45) is 0. The van der Waals surface area contributed by atoms with Crippen LogP contribution in [0.15, 0.2) is 36.4 Å². The molecule has 0 unspecified atom stereocenters. The van der Waals surface area contributed by atoms with Crippen molar-refractivity contribution in [2.75, 3.05) is 21.3 Å². The molecule has 0 radical (unpaired) electrons. The van der Waals surface area contributed by atoms with E-state index in [9.17, 15) is 9.18 Å². The Kier molecular flexibility index (Phi) is 4.12. The Hall–Kier alpha value is -3.02. The van der Waals surface area contributed by atoms with Crippen molar-refractivity contribution in [2.24, 2.45) is 0 Å². The third kappa shape index (κ3) is 2.67. The van der Waals surface area contributed by atoms with E-state index in [4.69, 9.17) is 14.2 Å². The topological polar surface area (TPSA) is 60.6 Å². The molecule has 5 nitrogen and oxygen atoms in total. The maximum absolute atomic E-state index is 13.3. The Morgan fingerprint density at radius 2 is 1.62 bits per heavy atom. The molecule has 1 heterocycles. The van der Waals surface area contributed by atoms with Crippen molar-refractivity contribution < 1.29 is 23.4 Å². The molecule has 6 heteroatoms. The molecule has 0 fully saturated rings. The number of halogens is 1. The quantitative estimate of drug-likeness (QED) is 0.727. The molecule has 24 heavy (non-hydrogen) atoms. The van der Waals surface area contributed by atoms with E-state index in [2.05, 4.69) is 4.98 Å². The Labute approximate surface area is 138 Å². The molecule has 1 aromatic heterocycles. The van der Waals surface area contributed by atoms with Crippen molar-refractivity contribution in [1.82, 2.24) is 4.98 Å². The summed E-state index contributed by atoms with van der Waals surface area (Å²) < 4.78 is 29.1. The van der Waals surface area contributed by atoms with Crippen LogP contribution in [-0.2, 0) is 0 Å². The predicted molar refractivity (Wildman–Crippen MR) is 87.8 cm³/mol. The average Bonchev–Trinajstić information content (AvgIpc) is 3.02. The third-order valence-electron chi connectivity index (χ3n) is 3.76. The molecule has 0 saturated heterocycles. The molecule has 0 spiro atoms. The van der Waals surface area contributed by atoms with Crippen LogP contribution in [0.5, 0.6) is 17.2 Å². The number of nitrogens with one attached hydrogen (secondary N) is 1. The first-order valence-electron chi connectivity index (χ1n) is 7.20. The van der Waals surface area contributed by atoms with Crippen molar-refractivity contribution in [1.29, 1.82) is 0 Å². The summed E-state index contributed by atoms with van der Waals surface area (Å²) in [5, 5.41) is 0.757. The van der Waals surface area contributed by atoms with Crippen LogP contribution in [-0.4, -0.2) is 32.1 Å². The Bertz CT molecular complexity index is 892. The van der Waals surface area contributed by atoms with Gasteiger partial charge < -0.3 is 19.2 Å². The highest BCUT2D eigenvalue weighted by atomic mass is 19.1. The smallest absolute Gasteiger partial charge is 0.209 e. The Balaban J connectivity index is 2.08. The number of carbonyl (C=O) groups is 1. The van der Waals surface area contributed by atoms with Crippen LogP contribution >= 0.6 is 0 Å². The lowest BCUT2D eigenvalue weighted by Gasteiger charge is -2.13. The zero-order valence-corrected chi connectivity index (χ0v) is 13.5. The number of aromatic amines is 1. The fourth-order valence-electron chi connectivity index (χ4n) is 2.59. The Morgan fingerprint density at radius 1 is 0.958 bits per heavy atom. The maximum Gasteiger partial charge on any atom is 0.209 e. The second-order valence-electron chi connectivity index (χ2n) is 5.16. The van der Waals surface area contributed by atoms with Crippen LogP contribution in [0.2, 0.25) is 0 Å². The molecule has 124 valence electrons. The fraction of sp³-hybridized carbons (Fsp3) is 0.167. The summed E-state index contributed by atoms with van der Waals surface area (Å²) in [4.78, 5) is 15.7. The number of fused-ring (bicyclic) bond motifs is 1. The first-order chi connectivity index (χ1) is 11.6. The van der Waals surface area contributed by atoms with Crippen molar-refractivity contribution in [2.45, 2.75) is 0 Å². The molecule has 0 amide bonds. The standard InChI is InChI=1S/C18H16FNO4/c1-22-15-7-11(8-16(23-2)18(15)24-3)17(21)14-6-10-4-5-12(19)9-13(10)20-14/h4-9,20H,1-3H3. The number of ether oxygens (including phenoxy) is 3. The van der Waals surface area contributed by atoms with Crippen molar-refractivity contribution >= 4 is 16.7 Å². The van der Waals surface area contributed by atoms with E-state index >= 15 is 0 Å². The molecule has 1 N–H and O–H groups in total. The second kappa shape index (κ2) is 6.23. The maximum atomic E-state index is 13.3. The van der Waals surface area contributed by atoms with Gasteiger partial charge in [0.1, 0.15) is 5.82 Å². The minimum Gasteiger partial charge on any atom is -0.493 e. The zero-order valence-electron chi connectivity index (χ0n) is 13.5. The van der Waals surface area contributed by atoms with E-state index in [0.29, 0.717) is 34.0 Å². The third-order valence-corrected chi connectivity index (χ3v) is 3.76. The van der Waals surface area contributed by atoms with Gasteiger partial charge in [0, 0.05) is 16.5 Å². The van der Waals surface area contributed by atoms with Crippen molar-refractivity contribution in [3.05, 3.63) is 53.5 Å². The van der Waals surface area contributed by atoms with Crippen LogP contribution in [0.25, 0.3) is 10.9 Å². The minimum atomic E-state index is -0.365. The number of hydrogen-bond acceptors (Lipinski definition) is 4. The van der Waals surface area contributed by atoms with Gasteiger partial charge in [-0.1, -0.05) is 0 Å². The molecule has 0 saturated carbocycles. The molecule has 0 bridgehead atoms. The van der Waals surface area contributed by atoms with Gasteiger partial charge in [-0.3, -0.25) is 4.79 Å². The molecule has 3 aromatic rings. The number of benzene rings is 2. The molecule has 0 aliphatic rings. The van der Waals surface area contributed by atoms with Gasteiger partial charge in [0.25, 0.3) is 0 Å². The number of carbonyl (C=O) groups excluding carboxylic acids is 1. The van der Waals surface area contributed by atoms with Crippen molar-refractivity contribution in [3.63, 3.8) is 0 Å². The van der Waals surface area contributed by atoms with Crippen LogP contribution in [0, 0.1) is 5.82 Å². The molecule has 0 aliphatic carbocycles. The van der Waals surface area contributed by atoms with Crippen LogP contribution in [0.1, 0.15) is 16.1 Å². The summed E-state index contributed by atoms with van der Waals surface area (Å²) >= 11 is 0. The Morgan fingerprint density at radius 3 is 2.21 bits per heavy atom.